The Morgan fingerprint density at radius 1 is 1.00 bits per heavy atom. The maximum Gasteiger partial charge on any atom is 0.265 e. The van der Waals surface area contributed by atoms with Gasteiger partial charge in [-0.1, -0.05) is 61.9 Å². The van der Waals surface area contributed by atoms with E-state index in [4.69, 9.17) is 0 Å². The van der Waals surface area contributed by atoms with Crippen molar-refractivity contribution in [2.75, 3.05) is 17.4 Å². The SMILES string of the molecule is CCCCNC(=O)C(C)N(Cc1ccccc1C)C(=O)CCCN1c2cccc3cccc(c23)S1(=O)=O. The molecule has 1 heterocycles. The van der Waals surface area contributed by atoms with Crippen molar-refractivity contribution < 1.29 is 18.0 Å². The molecule has 37 heavy (non-hydrogen) atoms. The van der Waals surface area contributed by atoms with Crippen LogP contribution in [0.5, 0.6) is 0 Å². The van der Waals surface area contributed by atoms with E-state index in [0.29, 0.717) is 30.1 Å². The Hall–Kier alpha value is -3.39. The van der Waals surface area contributed by atoms with Crippen LogP contribution in [0.15, 0.2) is 65.6 Å². The highest BCUT2D eigenvalue weighted by atomic mass is 32.2. The van der Waals surface area contributed by atoms with Gasteiger partial charge in [-0.2, -0.15) is 0 Å². The number of aryl methyl sites for hydroxylation is 1. The minimum Gasteiger partial charge on any atom is -0.354 e. The zero-order chi connectivity index (χ0) is 26.6. The minimum absolute atomic E-state index is 0.136. The van der Waals surface area contributed by atoms with E-state index in [-0.39, 0.29) is 24.8 Å². The van der Waals surface area contributed by atoms with E-state index in [1.165, 1.54) is 4.31 Å². The summed E-state index contributed by atoms with van der Waals surface area (Å²) in [5.41, 5.74) is 2.68. The second-order valence-corrected chi connectivity index (χ2v) is 11.4. The number of nitrogens with zero attached hydrogens (tertiary/aromatic N) is 2. The Morgan fingerprint density at radius 3 is 2.46 bits per heavy atom. The summed E-state index contributed by atoms with van der Waals surface area (Å²) in [5, 5.41) is 4.54. The third-order valence-electron chi connectivity index (χ3n) is 7.03. The number of carbonyl (C=O) groups is 2. The van der Waals surface area contributed by atoms with Crippen LogP contribution < -0.4 is 9.62 Å². The number of rotatable bonds is 11. The fourth-order valence-corrected chi connectivity index (χ4v) is 6.56. The molecule has 0 saturated heterocycles. The fourth-order valence-electron chi connectivity index (χ4n) is 4.81. The first-order chi connectivity index (χ1) is 17.8. The molecule has 0 aliphatic carbocycles. The van der Waals surface area contributed by atoms with E-state index < -0.39 is 16.1 Å². The van der Waals surface area contributed by atoms with E-state index in [2.05, 4.69) is 12.2 Å². The van der Waals surface area contributed by atoms with Crippen molar-refractivity contribution in [3.8, 4) is 0 Å². The lowest BCUT2D eigenvalue weighted by atomic mass is 10.1. The molecule has 0 fully saturated rings. The average molecular weight is 522 g/mol. The molecule has 7 nitrogen and oxygen atoms in total. The van der Waals surface area contributed by atoms with Gasteiger partial charge >= 0.3 is 0 Å². The van der Waals surface area contributed by atoms with Gasteiger partial charge < -0.3 is 10.2 Å². The highest BCUT2D eigenvalue weighted by Crippen LogP contribution is 2.42. The predicted molar refractivity (Wildman–Crippen MR) is 147 cm³/mol. The number of amides is 2. The molecule has 1 atom stereocenters. The quantitative estimate of drug-likeness (QED) is 0.368. The van der Waals surface area contributed by atoms with Crippen LogP contribution in [0.3, 0.4) is 0 Å². The van der Waals surface area contributed by atoms with Gasteiger partial charge in [0.2, 0.25) is 11.8 Å². The summed E-state index contributed by atoms with van der Waals surface area (Å²) in [7, 11) is -3.67. The molecule has 0 bridgehead atoms. The van der Waals surface area contributed by atoms with Crippen molar-refractivity contribution in [3.05, 3.63) is 71.8 Å². The summed E-state index contributed by atoms with van der Waals surface area (Å²) in [4.78, 5) is 28.2. The van der Waals surface area contributed by atoms with Gasteiger partial charge in [-0.15, -0.1) is 0 Å². The first kappa shape index (κ1) is 26.7. The van der Waals surface area contributed by atoms with Gasteiger partial charge in [0.1, 0.15) is 6.04 Å². The van der Waals surface area contributed by atoms with Gasteiger partial charge in [-0.3, -0.25) is 13.9 Å². The minimum atomic E-state index is -3.67. The number of anilines is 1. The second kappa shape index (κ2) is 11.3. The fraction of sp³-hybridized carbons (Fsp3) is 0.379. The number of unbranched alkanes of at least 4 members (excludes halogenated alkanes) is 1. The van der Waals surface area contributed by atoms with Crippen LogP contribution in [0.4, 0.5) is 5.69 Å². The van der Waals surface area contributed by atoms with Crippen molar-refractivity contribution >= 4 is 38.3 Å². The van der Waals surface area contributed by atoms with Gasteiger partial charge in [0, 0.05) is 31.4 Å². The Kier molecular flexibility index (Phi) is 8.17. The molecule has 1 N–H and O–H groups in total. The number of benzene rings is 3. The van der Waals surface area contributed by atoms with Gasteiger partial charge in [0.25, 0.3) is 10.0 Å². The summed E-state index contributed by atoms with van der Waals surface area (Å²) in [6.07, 6.45) is 2.33. The molecule has 0 spiro atoms. The van der Waals surface area contributed by atoms with E-state index in [0.717, 1.165) is 34.7 Å². The maximum absolute atomic E-state index is 13.5. The number of hydrogen-bond acceptors (Lipinski definition) is 4. The smallest absolute Gasteiger partial charge is 0.265 e. The molecule has 4 rings (SSSR count). The average Bonchev–Trinajstić information content (AvgIpc) is 3.11. The largest absolute Gasteiger partial charge is 0.354 e. The summed E-state index contributed by atoms with van der Waals surface area (Å²) in [6.45, 7) is 6.88. The Balaban J connectivity index is 1.48. The molecular formula is C29H35N3O4S. The third kappa shape index (κ3) is 5.49. The Bertz CT molecular complexity index is 1400. The Morgan fingerprint density at radius 2 is 1.73 bits per heavy atom. The molecule has 0 aromatic heterocycles. The molecule has 1 aliphatic heterocycles. The summed E-state index contributed by atoms with van der Waals surface area (Å²) < 4.78 is 27.9. The molecule has 8 heteroatoms. The lowest BCUT2D eigenvalue weighted by Gasteiger charge is -2.29. The van der Waals surface area contributed by atoms with Gasteiger partial charge in [-0.25, -0.2) is 8.42 Å². The second-order valence-electron chi connectivity index (χ2n) is 9.58. The van der Waals surface area contributed by atoms with E-state index >= 15 is 0 Å². The van der Waals surface area contributed by atoms with Crippen LogP contribution in [0, 0.1) is 6.92 Å². The van der Waals surface area contributed by atoms with E-state index in [1.54, 1.807) is 24.0 Å². The first-order valence-electron chi connectivity index (χ1n) is 12.9. The summed E-state index contributed by atoms with van der Waals surface area (Å²) >= 11 is 0. The molecule has 0 radical (unpaired) electrons. The highest BCUT2D eigenvalue weighted by Gasteiger charge is 2.35. The lowest BCUT2D eigenvalue weighted by Crippen LogP contribution is -2.48. The maximum atomic E-state index is 13.5. The summed E-state index contributed by atoms with van der Waals surface area (Å²) in [6, 6.07) is 18.0. The summed E-state index contributed by atoms with van der Waals surface area (Å²) in [5.74, 6) is -0.353. The number of sulfonamides is 1. The zero-order valence-corrected chi connectivity index (χ0v) is 22.6. The van der Waals surface area contributed by atoms with Crippen LogP contribution in [0.25, 0.3) is 10.8 Å². The van der Waals surface area contributed by atoms with E-state index in [9.17, 15) is 18.0 Å². The number of carbonyl (C=O) groups excluding carboxylic acids is 2. The zero-order valence-electron chi connectivity index (χ0n) is 21.7. The normalized spacial score (nSPS) is 14.5. The van der Waals surface area contributed by atoms with Crippen LogP contribution in [-0.2, 0) is 26.2 Å². The Labute approximate surface area is 219 Å². The molecule has 2 amide bonds. The highest BCUT2D eigenvalue weighted by molar-refractivity contribution is 7.93. The molecule has 1 unspecified atom stereocenters. The number of hydrogen-bond donors (Lipinski definition) is 1. The van der Waals surface area contributed by atoms with Gasteiger partial charge in [-0.05, 0) is 55.3 Å². The van der Waals surface area contributed by atoms with E-state index in [1.807, 2.05) is 55.5 Å². The van der Waals surface area contributed by atoms with Crippen molar-refractivity contribution in [2.45, 2.75) is 63.9 Å². The predicted octanol–water partition coefficient (Wildman–Crippen LogP) is 4.77. The lowest BCUT2D eigenvalue weighted by molar-refractivity contribution is -0.140. The standard InChI is InChI=1S/C29H35N3O4S/c1-4-5-18-30-29(34)22(3)31(20-24-12-7-6-11-21(24)2)27(33)17-10-19-32-25-15-8-13-23-14-9-16-26(28(23)25)37(32,35)36/h6-9,11-16,22H,4-5,10,17-20H2,1-3H3,(H,30,34). The monoisotopic (exact) mass is 521 g/mol. The number of nitrogens with one attached hydrogen (secondary N) is 1. The molecule has 196 valence electrons. The van der Waals surface area contributed by atoms with Crippen LogP contribution in [0.2, 0.25) is 0 Å². The van der Waals surface area contributed by atoms with Crippen molar-refractivity contribution in [1.29, 1.82) is 0 Å². The third-order valence-corrected chi connectivity index (χ3v) is 8.89. The van der Waals surface area contributed by atoms with Crippen LogP contribution >= 0.6 is 0 Å². The van der Waals surface area contributed by atoms with Gasteiger partial charge in [0.05, 0.1) is 10.6 Å². The molecule has 0 saturated carbocycles. The van der Waals surface area contributed by atoms with Crippen molar-refractivity contribution in [3.63, 3.8) is 0 Å². The van der Waals surface area contributed by atoms with Crippen LogP contribution in [-0.4, -0.2) is 44.3 Å². The molecule has 3 aromatic rings. The van der Waals surface area contributed by atoms with Crippen molar-refractivity contribution in [1.82, 2.24) is 10.2 Å². The van der Waals surface area contributed by atoms with Crippen molar-refractivity contribution in [2.24, 2.45) is 0 Å². The molecule has 1 aliphatic rings. The first-order valence-corrected chi connectivity index (χ1v) is 14.4. The van der Waals surface area contributed by atoms with Gasteiger partial charge in [0.15, 0.2) is 0 Å². The molecule has 3 aromatic carbocycles. The van der Waals surface area contributed by atoms with Crippen LogP contribution in [0.1, 0.15) is 50.7 Å². The topological polar surface area (TPSA) is 86.8 Å². The molecular weight excluding hydrogens is 486 g/mol.